The van der Waals surface area contributed by atoms with Gasteiger partial charge in [-0.05, 0) is 43.9 Å². The van der Waals surface area contributed by atoms with Crippen LogP contribution in [0.4, 0.5) is 0 Å². The molecular formula is C17H28IN5S. The lowest BCUT2D eigenvalue weighted by Crippen LogP contribution is -2.38. The van der Waals surface area contributed by atoms with Crippen molar-refractivity contribution >= 4 is 47.3 Å². The number of nitrogens with zero attached hydrogens (tertiary/aromatic N) is 3. The van der Waals surface area contributed by atoms with Crippen LogP contribution in [0, 0.1) is 0 Å². The number of aliphatic imine (C=N–C) groups is 1. The molecule has 0 aliphatic heterocycles. The van der Waals surface area contributed by atoms with Gasteiger partial charge in [0.25, 0.3) is 0 Å². The van der Waals surface area contributed by atoms with Crippen LogP contribution in [0.2, 0.25) is 0 Å². The standard InChI is InChI=1S/C17H27N5S.HI/c1-3-18-17(19-10-5-7-13-23-2)20-11-9-15-14-22-12-6-4-8-16(22)21-15;/h4,6,8,12,14H,3,5,7,9-11,13H2,1-2H3,(H2,18,19,20);1H. The summed E-state index contributed by atoms with van der Waals surface area (Å²) in [6.45, 7) is 4.68. The van der Waals surface area contributed by atoms with E-state index in [9.17, 15) is 0 Å². The molecule has 2 N–H and O–H groups in total. The Kier molecular flexibility index (Phi) is 10.9. The molecule has 2 rings (SSSR count). The van der Waals surface area contributed by atoms with Crippen molar-refractivity contribution in [2.24, 2.45) is 4.99 Å². The van der Waals surface area contributed by atoms with Crippen molar-refractivity contribution in [3.63, 3.8) is 0 Å². The lowest BCUT2D eigenvalue weighted by molar-refractivity contribution is 0.767. The maximum absolute atomic E-state index is 4.62. The molecule has 24 heavy (non-hydrogen) atoms. The van der Waals surface area contributed by atoms with Gasteiger partial charge in [0, 0.05) is 38.4 Å². The zero-order valence-corrected chi connectivity index (χ0v) is 17.6. The average molecular weight is 461 g/mol. The fourth-order valence-electron chi connectivity index (χ4n) is 2.31. The van der Waals surface area contributed by atoms with Crippen molar-refractivity contribution in [1.29, 1.82) is 0 Å². The predicted molar refractivity (Wildman–Crippen MR) is 116 cm³/mol. The Bertz CT molecular complexity index is 581. The molecule has 0 bridgehead atoms. The highest BCUT2D eigenvalue weighted by atomic mass is 127. The molecule has 0 aliphatic rings. The topological polar surface area (TPSA) is 53.7 Å². The summed E-state index contributed by atoms with van der Waals surface area (Å²) in [5.74, 6) is 2.12. The molecule has 7 heteroatoms. The van der Waals surface area contributed by atoms with Gasteiger partial charge in [0.15, 0.2) is 5.96 Å². The van der Waals surface area contributed by atoms with Crippen molar-refractivity contribution in [3.8, 4) is 0 Å². The third kappa shape index (κ3) is 7.29. The van der Waals surface area contributed by atoms with Crippen LogP contribution in [0.1, 0.15) is 25.5 Å². The molecule has 0 radical (unpaired) electrons. The molecule has 0 atom stereocenters. The number of hydrogen-bond acceptors (Lipinski definition) is 3. The van der Waals surface area contributed by atoms with Crippen molar-refractivity contribution < 1.29 is 0 Å². The number of pyridine rings is 1. The summed E-state index contributed by atoms with van der Waals surface area (Å²) in [5.41, 5.74) is 2.09. The number of hydrogen-bond donors (Lipinski definition) is 2. The summed E-state index contributed by atoms with van der Waals surface area (Å²) in [6.07, 6.45) is 9.52. The minimum atomic E-state index is 0. The summed E-state index contributed by atoms with van der Waals surface area (Å²) < 4.78 is 2.06. The van der Waals surface area contributed by atoms with Crippen molar-refractivity contribution in [2.45, 2.75) is 26.2 Å². The third-order valence-corrected chi connectivity index (χ3v) is 4.16. The minimum Gasteiger partial charge on any atom is -0.357 e. The number of halogens is 1. The third-order valence-electron chi connectivity index (χ3n) is 3.46. The van der Waals surface area contributed by atoms with E-state index in [1.165, 1.54) is 12.2 Å². The second-order valence-corrected chi connectivity index (χ2v) is 6.32. The highest BCUT2D eigenvalue weighted by Crippen LogP contribution is 2.04. The maximum Gasteiger partial charge on any atom is 0.191 e. The van der Waals surface area contributed by atoms with Crippen LogP contribution in [0.15, 0.2) is 35.6 Å². The molecule has 0 saturated carbocycles. The first-order valence-corrected chi connectivity index (χ1v) is 9.66. The predicted octanol–water partition coefficient (Wildman–Crippen LogP) is 3.19. The van der Waals surface area contributed by atoms with Crippen LogP contribution < -0.4 is 10.6 Å². The van der Waals surface area contributed by atoms with Crippen LogP contribution in [0.3, 0.4) is 0 Å². The summed E-state index contributed by atoms with van der Waals surface area (Å²) in [7, 11) is 0. The minimum absolute atomic E-state index is 0. The van der Waals surface area contributed by atoms with E-state index in [0.29, 0.717) is 0 Å². The van der Waals surface area contributed by atoms with Gasteiger partial charge < -0.3 is 15.0 Å². The Morgan fingerprint density at radius 1 is 1.29 bits per heavy atom. The molecule has 2 aromatic heterocycles. The summed E-state index contributed by atoms with van der Waals surface area (Å²) in [6, 6.07) is 6.05. The van der Waals surface area contributed by atoms with E-state index in [1.807, 2.05) is 36.2 Å². The summed E-state index contributed by atoms with van der Waals surface area (Å²) in [5, 5.41) is 6.68. The first-order chi connectivity index (χ1) is 11.3. The van der Waals surface area contributed by atoms with Crippen LogP contribution in [0.25, 0.3) is 5.65 Å². The highest BCUT2D eigenvalue weighted by molar-refractivity contribution is 14.0. The molecule has 0 spiro atoms. The highest BCUT2D eigenvalue weighted by Gasteiger charge is 2.02. The molecule has 0 fully saturated rings. The van der Waals surface area contributed by atoms with Crippen LogP contribution >= 0.6 is 35.7 Å². The number of guanidine groups is 1. The van der Waals surface area contributed by atoms with Crippen molar-refractivity contribution in [1.82, 2.24) is 20.0 Å². The normalized spacial score (nSPS) is 11.3. The average Bonchev–Trinajstić information content (AvgIpc) is 2.97. The lowest BCUT2D eigenvalue weighted by Gasteiger charge is -2.10. The number of imidazole rings is 1. The zero-order chi connectivity index (χ0) is 16.3. The van der Waals surface area contributed by atoms with Gasteiger partial charge >= 0.3 is 0 Å². The Morgan fingerprint density at radius 2 is 2.17 bits per heavy atom. The molecule has 0 aliphatic carbocycles. The largest absolute Gasteiger partial charge is 0.357 e. The van der Waals surface area contributed by atoms with Gasteiger partial charge in [0.2, 0.25) is 0 Å². The van der Waals surface area contributed by atoms with E-state index in [2.05, 4.69) is 44.4 Å². The van der Waals surface area contributed by atoms with Gasteiger partial charge in [-0.15, -0.1) is 24.0 Å². The zero-order valence-electron chi connectivity index (χ0n) is 14.5. The number of unbranched alkanes of at least 4 members (excludes halogenated alkanes) is 1. The second kappa shape index (κ2) is 12.4. The van der Waals surface area contributed by atoms with Crippen molar-refractivity contribution in [2.75, 3.05) is 31.6 Å². The van der Waals surface area contributed by atoms with E-state index < -0.39 is 0 Å². The Balaban J connectivity index is 0.00000288. The van der Waals surface area contributed by atoms with Gasteiger partial charge in [-0.25, -0.2) is 4.98 Å². The SMILES string of the molecule is CCNC(=NCCCCSC)NCCc1cn2ccccc2n1.I. The van der Waals surface area contributed by atoms with Crippen LogP contribution in [-0.2, 0) is 6.42 Å². The van der Waals surface area contributed by atoms with Gasteiger partial charge in [0.1, 0.15) is 5.65 Å². The summed E-state index contributed by atoms with van der Waals surface area (Å²) in [4.78, 5) is 9.23. The quantitative estimate of drug-likeness (QED) is 0.261. The second-order valence-electron chi connectivity index (χ2n) is 5.34. The van der Waals surface area contributed by atoms with E-state index in [0.717, 1.165) is 49.8 Å². The number of fused-ring (bicyclic) bond motifs is 1. The molecular weight excluding hydrogens is 433 g/mol. The maximum atomic E-state index is 4.62. The molecule has 134 valence electrons. The number of nitrogens with one attached hydrogen (secondary N) is 2. The summed E-state index contributed by atoms with van der Waals surface area (Å²) >= 11 is 1.90. The lowest BCUT2D eigenvalue weighted by atomic mass is 10.3. The molecule has 0 aromatic carbocycles. The number of thioether (sulfide) groups is 1. The fraction of sp³-hybridized carbons (Fsp3) is 0.529. The molecule has 0 saturated heterocycles. The molecule has 0 amide bonds. The van der Waals surface area contributed by atoms with E-state index in [4.69, 9.17) is 0 Å². The Labute approximate surface area is 166 Å². The molecule has 2 heterocycles. The van der Waals surface area contributed by atoms with Gasteiger partial charge in [-0.2, -0.15) is 11.8 Å². The van der Waals surface area contributed by atoms with E-state index in [-0.39, 0.29) is 24.0 Å². The monoisotopic (exact) mass is 461 g/mol. The molecule has 0 unspecified atom stereocenters. The smallest absolute Gasteiger partial charge is 0.191 e. The van der Waals surface area contributed by atoms with Gasteiger partial charge in [-0.3, -0.25) is 4.99 Å². The van der Waals surface area contributed by atoms with E-state index >= 15 is 0 Å². The molecule has 2 aromatic rings. The number of aromatic nitrogens is 2. The fourth-order valence-corrected chi connectivity index (χ4v) is 2.80. The first-order valence-electron chi connectivity index (χ1n) is 8.27. The van der Waals surface area contributed by atoms with Crippen LogP contribution in [0.5, 0.6) is 0 Å². The first kappa shape index (κ1) is 21.1. The van der Waals surface area contributed by atoms with E-state index in [1.54, 1.807) is 0 Å². The van der Waals surface area contributed by atoms with Gasteiger partial charge in [-0.1, -0.05) is 6.07 Å². The van der Waals surface area contributed by atoms with Crippen LogP contribution in [-0.4, -0.2) is 47.0 Å². The van der Waals surface area contributed by atoms with Gasteiger partial charge in [0.05, 0.1) is 5.69 Å². The Hall–Kier alpha value is -0.960. The van der Waals surface area contributed by atoms with Crippen molar-refractivity contribution in [3.05, 3.63) is 36.3 Å². The molecule has 5 nitrogen and oxygen atoms in total. The Morgan fingerprint density at radius 3 is 2.92 bits per heavy atom. The number of rotatable bonds is 9.